The van der Waals surface area contributed by atoms with Gasteiger partial charge in [-0.25, -0.2) is 13.8 Å². The highest BCUT2D eigenvalue weighted by Crippen LogP contribution is 2.25. The average Bonchev–Trinajstić information content (AvgIpc) is 2.83. The van der Waals surface area contributed by atoms with Crippen LogP contribution in [0.5, 0.6) is 5.88 Å². The first kappa shape index (κ1) is 23.6. The molecule has 5 nitrogen and oxygen atoms in total. The van der Waals surface area contributed by atoms with Crippen LogP contribution in [0.2, 0.25) is 0 Å². The van der Waals surface area contributed by atoms with Crippen molar-refractivity contribution in [3.05, 3.63) is 23.9 Å². The van der Waals surface area contributed by atoms with Crippen molar-refractivity contribution >= 4 is 30.7 Å². The van der Waals surface area contributed by atoms with Gasteiger partial charge in [-0.15, -0.1) is 24.8 Å². The van der Waals surface area contributed by atoms with Gasteiger partial charge in [0.15, 0.2) is 6.61 Å². The number of rotatable bonds is 5. The van der Waals surface area contributed by atoms with E-state index in [1.54, 1.807) is 0 Å². The first-order valence-corrected chi connectivity index (χ1v) is 6.69. The molecule has 1 saturated heterocycles. The summed E-state index contributed by atoms with van der Waals surface area (Å²) in [5.74, 6) is -3.88. The van der Waals surface area contributed by atoms with Crippen LogP contribution in [-0.2, 0) is 11.3 Å². The van der Waals surface area contributed by atoms with Crippen LogP contribution < -0.4 is 15.4 Å². The van der Waals surface area contributed by atoms with Crippen LogP contribution >= 0.6 is 24.8 Å². The zero-order valence-corrected chi connectivity index (χ0v) is 14.2. The van der Waals surface area contributed by atoms with E-state index < -0.39 is 43.6 Å². The van der Waals surface area contributed by atoms with Crippen molar-refractivity contribution in [1.29, 1.82) is 0 Å². The van der Waals surface area contributed by atoms with E-state index in [0.29, 0.717) is 0 Å². The molecule has 25 heavy (non-hydrogen) atoms. The summed E-state index contributed by atoms with van der Waals surface area (Å²) >= 11 is 0. The van der Waals surface area contributed by atoms with Crippen LogP contribution in [0.1, 0.15) is 12.0 Å². The number of nitrogens with one attached hydrogen (secondary N) is 2. The summed E-state index contributed by atoms with van der Waals surface area (Å²) in [4.78, 5) is 15.5. The predicted octanol–water partition coefficient (Wildman–Crippen LogP) is 2.48. The van der Waals surface area contributed by atoms with Gasteiger partial charge in [0.25, 0.3) is 5.92 Å². The molecule has 1 atom stereocenters. The molecule has 1 fully saturated rings. The molecule has 2 rings (SSSR count). The normalized spacial score (nSPS) is 18.7. The van der Waals surface area contributed by atoms with E-state index >= 15 is 0 Å². The molecule has 0 aliphatic carbocycles. The summed E-state index contributed by atoms with van der Waals surface area (Å²) in [6.07, 6.45) is -3.89. The first-order chi connectivity index (χ1) is 10.7. The van der Waals surface area contributed by atoms with Gasteiger partial charge in [-0.3, -0.25) is 10.1 Å². The predicted molar refractivity (Wildman–Crippen MR) is 83.5 cm³/mol. The van der Waals surface area contributed by atoms with E-state index in [9.17, 15) is 26.7 Å². The molecular formula is C13H16Cl2F5N3O2. The second-order valence-corrected chi connectivity index (χ2v) is 5.08. The lowest BCUT2D eigenvalue weighted by molar-refractivity contribution is -0.154. The monoisotopic (exact) mass is 411 g/mol. The van der Waals surface area contributed by atoms with Gasteiger partial charge in [-0.05, 0) is 6.07 Å². The van der Waals surface area contributed by atoms with Gasteiger partial charge >= 0.3 is 6.18 Å². The topological polar surface area (TPSA) is 63.2 Å². The van der Waals surface area contributed by atoms with E-state index in [0.717, 1.165) is 0 Å². The van der Waals surface area contributed by atoms with Crippen molar-refractivity contribution < 1.29 is 31.5 Å². The van der Waals surface area contributed by atoms with Crippen molar-refractivity contribution in [3.63, 3.8) is 0 Å². The molecular weight excluding hydrogens is 396 g/mol. The number of ether oxygens (including phenoxy) is 1. The van der Waals surface area contributed by atoms with Crippen LogP contribution in [0, 0.1) is 0 Å². The molecule has 0 radical (unpaired) electrons. The maximum atomic E-state index is 13.0. The highest BCUT2D eigenvalue weighted by atomic mass is 35.5. The summed E-state index contributed by atoms with van der Waals surface area (Å²) in [7, 11) is 0. The first-order valence-electron chi connectivity index (χ1n) is 6.69. The van der Waals surface area contributed by atoms with Gasteiger partial charge < -0.3 is 10.1 Å². The molecule has 1 aliphatic heterocycles. The van der Waals surface area contributed by atoms with Crippen molar-refractivity contribution in [2.45, 2.75) is 31.1 Å². The number of pyridine rings is 1. The fraction of sp³-hybridized carbons (Fsp3) is 0.538. The minimum Gasteiger partial charge on any atom is -0.468 e. The maximum absolute atomic E-state index is 13.0. The Hall–Kier alpha value is -1.39. The molecule has 0 bridgehead atoms. The minimum atomic E-state index is -4.52. The number of amides is 1. The van der Waals surface area contributed by atoms with Crippen molar-refractivity contribution in [3.8, 4) is 5.88 Å². The number of hydrogen-bond donors (Lipinski definition) is 2. The van der Waals surface area contributed by atoms with Gasteiger partial charge in [0.05, 0.1) is 12.6 Å². The fourth-order valence-corrected chi connectivity index (χ4v) is 2.05. The second kappa shape index (κ2) is 9.35. The molecule has 1 aromatic rings. The minimum absolute atomic E-state index is 0. The third-order valence-electron chi connectivity index (χ3n) is 3.10. The quantitative estimate of drug-likeness (QED) is 0.730. The van der Waals surface area contributed by atoms with E-state index in [1.165, 1.54) is 18.3 Å². The van der Waals surface area contributed by atoms with Gasteiger partial charge in [0.2, 0.25) is 11.8 Å². The van der Waals surface area contributed by atoms with Gasteiger partial charge in [0.1, 0.15) is 0 Å². The summed E-state index contributed by atoms with van der Waals surface area (Å²) in [5.41, 5.74) is 0.217. The summed E-state index contributed by atoms with van der Waals surface area (Å²) in [6.45, 7) is -2.27. The van der Waals surface area contributed by atoms with Gasteiger partial charge in [-0.2, -0.15) is 13.2 Å². The van der Waals surface area contributed by atoms with Gasteiger partial charge in [-0.1, -0.05) is 6.07 Å². The Balaban J connectivity index is 0.00000288. The summed E-state index contributed by atoms with van der Waals surface area (Å²) in [6, 6.07) is 1.85. The SMILES string of the molecule is Cl.Cl.O=C(NCc1cccnc1OCC(F)(F)F)C1CC(F)(F)CN1. The Morgan fingerprint density at radius 3 is 2.64 bits per heavy atom. The Kier molecular flexibility index (Phi) is 8.83. The number of nitrogens with zero attached hydrogens (tertiary/aromatic N) is 1. The van der Waals surface area contributed by atoms with Crippen molar-refractivity contribution in [2.75, 3.05) is 13.2 Å². The molecule has 1 unspecified atom stereocenters. The molecule has 144 valence electrons. The smallest absolute Gasteiger partial charge is 0.422 e. The van der Waals surface area contributed by atoms with Crippen molar-refractivity contribution in [1.82, 2.24) is 15.6 Å². The average molecular weight is 412 g/mol. The molecule has 0 aromatic carbocycles. The Morgan fingerprint density at radius 1 is 1.40 bits per heavy atom. The molecule has 12 heteroatoms. The lowest BCUT2D eigenvalue weighted by atomic mass is 10.2. The molecule has 1 amide bonds. The zero-order valence-electron chi connectivity index (χ0n) is 12.6. The molecule has 1 aliphatic rings. The number of halogens is 7. The van der Waals surface area contributed by atoms with Crippen LogP contribution in [0.15, 0.2) is 18.3 Å². The lowest BCUT2D eigenvalue weighted by Crippen LogP contribution is -2.40. The van der Waals surface area contributed by atoms with Gasteiger partial charge in [0, 0.05) is 24.7 Å². The van der Waals surface area contributed by atoms with Crippen LogP contribution in [0.3, 0.4) is 0 Å². The highest BCUT2D eigenvalue weighted by molar-refractivity contribution is 5.85. The number of carbonyl (C=O) groups is 1. The van der Waals surface area contributed by atoms with E-state index in [-0.39, 0.29) is 42.8 Å². The standard InChI is InChI=1S/C13H14F5N3O2.2ClH/c14-12(15)4-9(21-6-12)10(22)20-5-8-2-1-3-19-11(8)23-7-13(16,17)18;;/h1-3,9,21H,4-7H2,(H,20,22);2*1H. The van der Waals surface area contributed by atoms with E-state index in [4.69, 9.17) is 0 Å². The molecule has 0 spiro atoms. The maximum Gasteiger partial charge on any atom is 0.422 e. The number of carbonyl (C=O) groups excluding carboxylic acids is 1. The lowest BCUT2D eigenvalue weighted by Gasteiger charge is -2.14. The summed E-state index contributed by atoms with van der Waals surface area (Å²) < 4.78 is 67.1. The van der Waals surface area contributed by atoms with E-state index in [2.05, 4.69) is 20.4 Å². The zero-order chi connectivity index (χ0) is 17.1. The molecule has 1 aromatic heterocycles. The number of hydrogen-bond acceptors (Lipinski definition) is 4. The van der Waals surface area contributed by atoms with E-state index in [1.807, 2.05) is 0 Å². The molecule has 2 heterocycles. The van der Waals surface area contributed by atoms with Crippen LogP contribution in [-0.4, -0.2) is 42.2 Å². The Labute approximate surface area is 152 Å². The van der Waals surface area contributed by atoms with Crippen molar-refractivity contribution in [2.24, 2.45) is 0 Å². The Morgan fingerprint density at radius 2 is 2.08 bits per heavy atom. The largest absolute Gasteiger partial charge is 0.468 e. The third-order valence-corrected chi connectivity index (χ3v) is 3.10. The van der Waals surface area contributed by atoms with Crippen LogP contribution in [0.4, 0.5) is 22.0 Å². The highest BCUT2D eigenvalue weighted by Gasteiger charge is 2.42. The number of aromatic nitrogens is 1. The third kappa shape index (κ3) is 7.57. The summed E-state index contributed by atoms with van der Waals surface area (Å²) in [5, 5.41) is 4.77. The molecule has 2 N–H and O–H groups in total. The Bertz CT molecular complexity index is 575. The second-order valence-electron chi connectivity index (χ2n) is 5.08. The number of alkyl halides is 5. The van der Waals surface area contributed by atoms with Crippen LogP contribution in [0.25, 0.3) is 0 Å². The molecule has 0 saturated carbocycles. The fourth-order valence-electron chi connectivity index (χ4n) is 2.05.